The van der Waals surface area contributed by atoms with Gasteiger partial charge < -0.3 is 5.32 Å². The number of rotatable bonds is 8. The minimum Gasteiger partial charge on any atom is -0.301 e. The number of carbonyl (C=O) groups excluding carboxylic acids is 1. The fourth-order valence-corrected chi connectivity index (χ4v) is 4.89. The Bertz CT molecular complexity index is 829. The molecule has 11 heteroatoms. The molecule has 2 rings (SSSR count). The van der Waals surface area contributed by atoms with Crippen LogP contribution in [0.2, 0.25) is 10.0 Å². The summed E-state index contributed by atoms with van der Waals surface area (Å²) in [7, 11) is -4.02. The minimum absolute atomic E-state index is 0.0286. The number of thioether (sulfide) groups is 1. The summed E-state index contributed by atoms with van der Waals surface area (Å²) in [6, 6.07) is 3.17. The second kappa shape index (κ2) is 9.20. The van der Waals surface area contributed by atoms with E-state index in [1.54, 1.807) is 11.6 Å². The fraction of sp³-hybridized carbons (Fsp3) is 0.286. The summed E-state index contributed by atoms with van der Waals surface area (Å²) in [5.74, 6) is 0.118. The van der Waals surface area contributed by atoms with Gasteiger partial charge in [-0.2, -0.15) is 16.5 Å². The number of halogens is 2. The van der Waals surface area contributed by atoms with Crippen molar-refractivity contribution in [2.24, 2.45) is 0 Å². The highest BCUT2D eigenvalue weighted by molar-refractivity contribution is 7.98. The SMILES string of the molecule is CSCCC(NS(=O)(=O)c1cc(Cl)ccc1Cl)C(=O)Nc1nccs1. The van der Waals surface area contributed by atoms with Gasteiger partial charge in [-0.3, -0.25) is 4.79 Å². The summed E-state index contributed by atoms with van der Waals surface area (Å²) < 4.78 is 27.7. The van der Waals surface area contributed by atoms with Crippen LogP contribution in [0.4, 0.5) is 5.13 Å². The van der Waals surface area contributed by atoms with Crippen LogP contribution in [0.15, 0.2) is 34.7 Å². The molecular weight excluding hydrogens is 425 g/mol. The lowest BCUT2D eigenvalue weighted by atomic mass is 10.2. The van der Waals surface area contributed by atoms with Crippen molar-refractivity contribution >= 4 is 67.4 Å². The molecular formula is C14H15Cl2N3O3S3. The number of nitrogens with zero attached hydrogens (tertiary/aromatic N) is 1. The molecule has 0 aliphatic carbocycles. The van der Waals surface area contributed by atoms with E-state index in [-0.39, 0.29) is 14.9 Å². The van der Waals surface area contributed by atoms with Gasteiger partial charge in [-0.25, -0.2) is 13.4 Å². The molecule has 0 saturated carbocycles. The number of hydrogen-bond donors (Lipinski definition) is 2. The molecule has 0 radical (unpaired) electrons. The number of nitrogens with one attached hydrogen (secondary N) is 2. The third-order valence-electron chi connectivity index (χ3n) is 3.07. The van der Waals surface area contributed by atoms with E-state index in [9.17, 15) is 13.2 Å². The van der Waals surface area contributed by atoms with E-state index in [2.05, 4.69) is 15.0 Å². The van der Waals surface area contributed by atoms with Crippen molar-refractivity contribution in [3.63, 3.8) is 0 Å². The second-order valence-corrected chi connectivity index (χ2v) is 9.26. The fourth-order valence-electron chi connectivity index (χ4n) is 1.89. The maximum atomic E-state index is 12.6. The monoisotopic (exact) mass is 439 g/mol. The normalized spacial score (nSPS) is 12.8. The molecule has 1 aromatic carbocycles. The molecule has 1 amide bonds. The Morgan fingerprint density at radius 1 is 1.40 bits per heavy atom. The van der Waals surface area contributed by atoms with Crippen LogP contribution in [0, 0.1) is 0 Å². The predicted octanol–water partition coefficient (Wildman–Crippen LogP) is 3.49. The van der Waals surface area contributed by atoms with Crippen LogP contribution in [0.25, 0.3) is 0 Å². The van der Waals surface area contributed by atoms with Crippen LogP contribution in [0.3, 0.4) is 0 Å². The zero-order valence-electron chi connectivity index (χ0n) is 13.0. The molecule has 0 aliphatic heterocycles. The number of benzene rings is 1. The highest BCUT2D eigenvalue weighted by atomic mass is 35.5. The van der Waals surface area contributed by atoms with E-state index >= 15 is 0 Å². The van der Waals surface area contributed by atoms with E-state index in [4.69, 9.17) is 23.2 Å². The molecule has 0 spiro atoms. The third-order valence-corrected chi connectivity index (χ3v) is 6.59. The molecule has 136 valence electrons. The van der Waals surface area contributed by atoms with Crippen molar-refractivity contribution in [3.05, 3.63) is 39.8 Å². The molecule has 2 aromatic rings. The van der Waals surface area contributed by atoms with Gasteiger partial charge >= 0.3 is 0 Å². The molecule has 0 bridgehead atoms. The lowest BCUT2D eigenvalue weighted by Gasteiger charge is -2.18. The van der Waals surface area contributed by atoms with Crippen LogP contribution in [-0.2, 0) is 14.8 Å². The predicted molar refractivity (Wildman–Crippen MR) is 104 cm³/mol. The Morgan fingerprint density at radius 3 is 2.80 bits per heavy atom. The molecule has 1 aromatic heterocycles. The van der Waals surface area contributed by atoms with Crippen LogP contribution in [-0.4, -0.2) is 37.4 Å². The van der Waals surface area contributed by atoms with Crippen molar-refractivity contribution in [2.45, 2.75) is 17.4 Å². The summed E-state index contributed by atoms with van der Waals surface area (Å²) in [6.45, 7) is 0. The Balaban J connectivity index is 2.22. The topological polar surface area (TPSA) is 88.2 Å². The zero-order valence-corrected chi connectivity index (χ0v) is 17.0. The standard InChI is InChI=1S/C14H15Cl2N3O3S3/c1-23-6-4-11(13(20)18-14-17-5-7-24-14)19-25(21,22)12-8-9(15)2-3-10(12)16/h2-3,5,7-8,11,19H,4,6H2,1H3,(H,17,18,20). The average molecular weight is 440 g/mol. The van der Waals surface area contributed by atoms with E-state index in [1.807, 2.05) is 6.26 Å². The maximum Gasteiger partial charge on any atom is 0.244 e. The van der Waals surface area contributed by atoms with E-state index in [1.165, 1.54) is 41.3 Å². The van der Waals surface area contributed by atoms with Gasteiger partial charge in [-0.05, 0) is 36.6 Å². The molecule has 2 N–H and O–H groups in total. The smallest absolute Gasteiger partial charge is 0.244 e. The quantitative estimate of drug-likeness (QED) is 0.656. The largest absolute Gasteiger partial charge is 0.301 e. The molecule has 0 aliphatic rings. The Kier molecular flexibility index (Phi) is 7.53. The summed E-state index contributed by atoms with van der Waals surface area (Å²) in [5, 5.41) is 4.98. The highest BCUT2D eigenvalue weighted by Crippen LogP contribution is 2.25. The summed E-state index contributed by atoms with van der Waals surface area (Å²) >= 11 is 14.6. The van der Waals surface area contributed by atoms with Gasteiger partial charge in [0.05, 0.1) is 5.02 Å². The first-order chi connectivity index (χ1) is 11.8. The van der Waals surface area contributed by atoms with Gasteiger partial charge in [0, 0.05) is 16.6 Å². The molecule has 6 nitrogen and oxygen atoms in total. The number of hydrogen-bond acceptors (Lipinski definition) is 6. The van der Waals surface area contributed by atoms with Crippen molar-refractivity contribution in [1.82, 2.24) is 9.71 Å². The third kappa shape index (κ3) is 5.83. The lowest BCUT2D eigenvalue weighted by Crippen LogP contribution is -2.44. The number of sulfonamides is 1. The second-order valence-electron chi connectivity index (χ2n) is 4.86. The Morgan fingerprint density at radius 2 is 2.16 bits per heavy atom. The lowest BCUT2D eigenvalue weighted by molar-refractivity contribution is -0.117. The van der Waals surface area contributed by atoms with Crippen LogP contribution in [0.1, 0.15) is 6.42 Å². The van der Waals surface area contributed by atoms with Crippen molar-refractivity contribution in [1.29, 1.82) is 0 Å². The Hall–Kier alpha value is -0.840. The van der Waals surface area contributed by atoms with E-state index in [0.29, 0.717) is 17.3 Å². The summed E-state index contributed by atoms with van der Waals surface area (Å²) in [4.78, 5) is 16.2. The van der Waals surface area contributed by atoms with E-state index < -0.39 is 22.0 Å². The van der Waals surface area contributed by atoms with Crippen molar-refractivity contribution < 1.29 is 13.2 Å². The number of carbonyl (C=O) groups is 1. The summed E-state index contributed by atoms with van der Waals surface area (Å²) in [5.41, 5.74) is 0. The molecule has 1 unspecified atom stereocenters. The first-order valence-electron chi connectivity index (χ1n) is 7.00. The number of thiazole rings is 1. The minimum atomic E-state index is -4.02. The van der Waals surface area contributed by atoms with Crippen molar-refractivity contribution in [2.75, 3.05) is 17.3 Å². The van der Waals surface area contributed by atoms with Gasteiger partial charge in [0.15, 0.2) is 5.13 Å². The number of aromatic nitrogens is 1. The Labute approximate surface area is 164 Å². The first kappa shape index (κ1) is 20.5. The van der Waals surface area contributed by atoms with Gasteiger partial charge in [-0.15, -0.1) is 11.3 Å². The number of anilines is 1. The molecule has 0 fully saturated rings. The van der Waals surface area contributed by atoms with Crippen LogP contribution in [0.5, 0.6) is 0 Å². The number of amides is 1. The van der Waals surface area contributed by atoms with Gasteiger partial charge in [0.2, 0.25) is 15.9 Å². The molecule has 1 atom stereocenters. The summed E-state index contributed by atoms with van der Waals surface area (Å²) in [6.07, 6.45) is 3.74. The molecule has 25 heavy (non-hydrogen) atoms. The van der Waals surface area contributed by atoms with Crippen LogP contribution < -0.4 is 10.0 Å². The average Bonchev–Trinajstić information content (AvgIpc) is 3.06. The van der Waals surface area contributed by atoms with Gasteiger partial charge in [0.1, 0.15) is 10.9 Å². The maximum absolute atomic E-state index is 12.6. The first-order valence-corrected chi connectivity index (χ1v) is 11.5. The van der Waals surface area contributed by atoms with Gasteiger partial charge in [-0.1, -0.05) is 23.2 Å². The molecule has 0 saturated heterocycles. The van der Waals surface area contributed by atoms with E-state index in [0.717, 1.165) is 0 Å². The van der Waals surface area contributed by atoms with Crippen molar-refractivity contribution in [3.8, 4) is 0 Å². The molecule has 1 heterocycles. The van der Waals surface area contributed by atoms with Gasteiger partial charge in [0.25, 0.3) is 0 Å². The highest BCUT2D eigenvalue weighted by Gasteiger charge is 2.27. The van der Waals surface area contributed by atoms with Crippen LogP contribution >= 0.6 is 46.3 Å². The zero-order chi connectivity index (χ0) is 18.4.